The molecule has 3 N–H and O–H groups in total. The third kappa shape index (κ3) is 6.52. The maximum atomic E-state index is 12.9. The number of halogens is 4. The van der Waals surface area contributed by atoms with E-state index in [0.717, 1.165) is 30.0 Å². The van der Waals surface area contributed by atoms with Crippen molar-refractivity contribution in [3.63, 3.8) is 0 Å². The molecule has 0 unspecified atom stereocenters. The Morgan fingerprint density at radius 2 is 1.56 bits per heavy atom. The van der Waals surface area contributed by atoms with Crippen LogP contribution in [-0.4, -0.2) is 28.6 Å². The Morgan fingerprint density at radius 1 is 0.912 bits per heavy atom. The van der Waals surface area contributed by atoms with Crippen molar-refractivity contribution in [2.24, 2.45) is 0 Å². The summed E-state index contributed by atoms with van der Waals surface area (Å²) >= 11 is 7.01. The molecule has 0 fully saturated rings. The van der Waals surface area contributed by atoms with Gasteiger partial charge in [-0.25, -0.2) is 4.79 Å². The Bertz CT molecular complexity index is 1230. The molecule has 0 spiro atoms. The number of nitrogens with one attached hydrogen (secondary N) is 2. The number of rotatable bonds is 7. The number of carbonyl (C=O) groups excluding carboxylic acids is 2. The van der Waals surface area contributed by atoms with E-state index in [1.807, 2.05) is 0 Å². The van der Waals surface area contributed by atoms with Crippen LogP contribution in [0.4, 0.5) is 24.5 Å². The van der Waals surface area contributed by atoms with Gasteiger partial charge in [-0.2, -0.15) is 13.2 Å². The summed E-state index contributed by atoms with van der Waals surface area (Å²) in [5.74, 6) is -2.45. The zero-order valence-corrected chi connectivity index (χ0v) is 18.7. The molecule has 6 nitrogen and oxygen atoms in total. The SMILES string of the molecule is O=C(CSc1ccc(NC(=O)c2ccccc2C(=O)O)cc1)Nc1cc(C(F)(F)F)ccc1Cl. The van der Waals surface area contributed by atoms with Gasteiger partial charge in [-0.3, -0.25) is 9.59 Å². The maximum absolute atomic E-state index is 12.9. The molecule has 0 aliphatic rings. The lowest BCUT2D eigenvalue weighted by atomic mass is 10.1. The smallest absolute Gasteiger partial charge is 0.416 e. The first-order valence-corrected chi connectivity index (χ1v) is 10.9. The van der Waals surface area contributed by atoms with E-state index in [1.54, 1.807) is 30.3 Å². The van der Waals surface area contributed by atoms with E-state index in [-0.39, 0.29) is 27.6 Å². The van der Waals surface area contributed by atoms with Crippen molar-refractivity contribution < 1.29 is 32.7 Å². The van der Waals surface area contributed by atoms with E-state index < -0.39 is 29.5 Å². The quantitative estimate of drug-likeness (QED) is 0.338. The molecule has 0 saturated carbocycles. The minimum Gasteiger partial charge on any atom is -0.478 e. The first-order chi connectivity index (χ1) is 16.0. The van der Waals surface area contributed by atoms with Crippen molar-refractivity contribution in [1.82, 2.24) is 0 Å². The summed E-state index contributed by atoms with van der Waals surface area (Å²) in [5, 5.41) is 14.2. The molecule has 176 valence electrons. The minimum atomic E-state index is -4.56. The first kappa shape index (κ1) is 25.1. The molecule has 0 aliphatic heterocycles. The lowest BCUT2D eigenvalue weighted by molar-refractivity contribution is -0.137. The molecule has 34 heavy (non-hydrogen) atoms. The van der Waals surface area contributed by atoms with Gasteiger partial charge in [0, 0.05) is 10.6 Å². The number of aromatic carboxylic acids is 1. The fourth-order valence-electron chi connectivity index (χ4n) is 2.83. The van der Waals surface area contributed by atoms with E-state index in [9.17, 15) is 32.7 Å². The number of carboxylic acid groups (broad SMARTS) is 1. The summed E-state index contributed by atoms with van der Waals surface area (Å²) in [7, 11) is 0. The first-order valence-electron chi connectivity index (χ1n) is 9.58. The number of amides is 2. The van der Waals surface area contributed by atoms with Crippen molar-refractivity contribution >= 4 is 52.5 Å². The largest absolute Gasteiger partial charge is 0.478 e. The van der Waals surface area contributed by atoms with Crippen LogP contribution < -0.4 is 10.6 Å². The van der Waals surface area contributed by atoms with Crippen LogP contribution in [0.1, 0.15) is 26.3 Å². The number of thioether (sulfide) groups is 1. The highest BCUT2D eigenvalue weighted by Crippen LogP contribution is 2.34. The van der Waals surface area contributed by atoms with Crippen LogP contribution in [0.3, 0.4) is 0 Å². The van der Waals surface area contributed by atoms with Gasteiger partial charge < -0.3 is 15.7 Å². The standard InChI is InChI=1S/C23H16ClF3N2O4S/c24-18-10-5-13(23(25,26)27)11-19(18)29-20(30)12-34-15-8-6-14(7-9-15)28-21(31)16-3-1-2-4-17(16)22(32)33/h1-11H,12H2,(H,28,31)(H,29,30)(H,32,33). The third-order valence-electron chi connectivity index (χ3n) is 4.45. The second kappa shape index (κ2) is 10.6. The molecular formula is C23H16ClF3N2O4S. The number of alkyl halides is 3. The monoisotopic (exact) mass is 508 g/mol. The van der Waals surface area contributed by atoms with E-state index >= 15 is 0 Å². The molecule has 0 atom stereocenters. The molecule has 2 amide bonds. The van der Waals surface area contributed by atoms with Crippen LogP contribution in [0.25, 0.3) is 0 Å². The zero-order valence-electron chi connectivity index (χ0n) is 17.2. The normalized spacial score (nSPS) is 11.1. The molecular weight excluding hydrogens is 493 g/mol. The van der Waals surface area contributed by atoms with Crippen molar-refractivity contribution in [2.45, 2.75) is 11.1 Å². The highest BCUT2D eigenvalue weighted by atomic mass is 35.5. The van der Waals surface area contributed by atoms with E-state index in [0.29, 0.717) is 10.6 Å². The summed E-state index contributed by atoms with van der Waals surface area (Å²) in [6, 6.07) is 14.9. The molecule has 0 saturated heterocycles. The van der Waals surface area contributed by atoms with Crippen LogP contribution in [0.5, 0.6) is 0 Å². The Balaban J connectivity index is 1.58. The van der Waals surface area contributed by atoms with Gasteiger partial charge in [0.15, 0.2) is 0 Å². The molecule has 3 aromatic rings. The van der Waals surface area contributed by atoms with Crippen molar-refractivity contribution in [2.75, 3.05) is 16.4 Å². The van der Waals surface area contributed by atoms with Crippen LogP contribution in [0.15, 0.2) is 71.6 Å². The van der Waals surface area contributed by atoms with E-state index in [2.05, 4.69) is 10.6 Å². The Morgan fingerprint density at radius 3 is 2.18 bits per heavy atom. The maximum Gasteiger partial charge on any atom is 0.416 e. The highest BCUT2D eigenvalue weighted by molar-refractivity contribution is 8.00. The van der Waals surface area contributed by atoms with E-state index in [1.165, 1.54) is 18.2 Å². The zero-order chi connectivity index (χ0) is 24.9. The molecule has 3 aromatic carbocycles. The number of carboxylic acids is 1. The predicted octanol–water partition coefficient (Wildman–Crippen LogP) is 6.04. The van der Waals surface area contributed by atoms with Gasteiger partial charge in [-0.1, -0.05) is 23.7 Å². The summed E-state index contributed by atoms with van der Waals surface area (Å²) in [6.45, 7) is 0. The molecule has 0 bridgehead atoms. The minimum absolute atomic E-state index is 0.0124. The fraction of sp³-hybridized carbons (Fsp3) is 0.0870. The lowest BCUT2D eigenvalue weighted by Gasteiger charge is -2.12. The number of hydrogen-bond acceptors (Lipinski definition) is 4. The molecule has 3 rings (SSSR count). The van der Waals surface area contributed by atoms with Gasteiger partial charge in [0.05, 0.1) is 33.2 Å². The van der Waals surface area contributed by atoms with Crippen LogP contribution in [0.2, 0.25) is 5.02 Å². The average molecular weight is 509 g/mol. The van der Waals surface area contributed by atoms with Crippen molar-refractivity contribution in [1.29, 1.82) is 0 Å². The molecule has 0 aliphatic carbocycles. The highest BCUT2D eigenvalue weighted by Gasteiger charge is 2.31. The molecule has 0 radical (unpaired) electrons. The fourth-order valence-corrected chi connectivity index (χ4v) is 3.70. The third-order valence-corrected chi connectivity index (χ3v) is 5.79. The van der Waals surface area contributed by atoms with Gasteiger partial charge in [-0.15, -0.1) is 11.8 Å². The number of hydrogen-bond donors (Lipinski definition) is 3. The van der Waals surface area contributed by atoms with Crippen molar-refractivity contribution in [3.8, 4) is 0 Å². The Labute approximate surface area is 201 Å². The van der Waals surface area contributed by atoms with Gasteiger partial charge in [0.25, 0.3) is 5.91 Å². The van der Waals surface area contributed by atoms with Gasteiger partial charge in [-0.05, 0) is 54.6 Å². The Kier molecular flexibility index (Phi) is 7.85. The Hall–Kier alpha value is -3.50. The lowest BCUT2D eigenvalue weighted by Crippen LogP contribution is -2.16. The van der Waals surface area contributed by atoms with E-state index in [4.69, 9.17) is 11.6 Å². The number of anilines is 2. The van der Waals surface area contributed by atoms with Gasteiger partial charge in [0.2, 0.25) is 5.91 Å². The molecule has 0 heterocycles. The number of carbonyl (C=O) groups is 3. The topological polar surface area (TPSA) is 95.5 Å². The second-order valence-corrected chi connectivity index (χ2v) is 8.31. The predicted molar refractivity (Wildman–Crippen MR) is 124 cm³/mol. The number of benzene rings is 3. The summed E-state index contributed by atoms with van der Waals surface area (Å²) in [4.78, 5) is 36.5. The van der Waals surface area contributed by atoms with Crippen molar-refractivity contribution in [3.05, 3.63) is 88.4 Å². The molecule has 0 aromatic heterocycles. The average Bonchev–Trinajstić information content (AvgIpc) is 2.79. The second-order valence-electron chi connectivity index (χ2n) is 6.86. The van der Waals surface area contributed by atoms with Crippen LogP contribution in [0, 0.1) is 0 Å². The summed E-state index contributed by atoms with van der Waals surface area (Å²) in [5.41, 5.74) is -0.766. The van der Waals surface area contributed by atoms with Gasteiger partial charge >= 0.3 is 12.1 Å². The summed E-state index contributed by atoms with van der Waals surface area (Å²) < 4.78 is 38.6. The van der Waals surface area contributed by atoms with Crippen LogP contribution in [-0.2, 0) is 11.0 Å². The van der Waals surface area contributed by atoms with Crippen LogP contribution >= 0.6 is 23.4 Å². The van der Waals surface area contributed by atoms with Gasteiger partial charge in [0.1, 0.15) is 0 Å². The molecule has 11 heteroatoms. The summed E-state index contributed by atoms with van der Waals surface area (Å²) in [6.07, 6.45) is -4.56.